The van der Waals surface area contributed by atoms with Crippen LogP contribution in [0.15, 0.2) is 30.3 Å². The van der Waals surface area contributed by atoms with Gasteiger partial charge in [-0.15, -0.1) is 0 Å². The molecule has 2 fully saturated rings. The number of nitrogens with two attached hydrogens (primary N) is 1. The van der Waals surface area contributed by atoms with Crippen molar-refractivity contribution in [3.8, 4) is 17.6 Å². The number of primary amides is 1. The highest BCUT2D eigenvalue weighted by atomic mass is 16.4. The Kier molecular flexibility index (Phi) is 6.66. The average molecular weight is 558 g/mol. The summed E-state index contributed by atoms with van der Waals surface area (Å²) in [7, 11) is 0. The maximum atomic E-state index is 13.9. The second kappa shape index (κ2) is 9.78. The number of benzene rings is 2. The second-order valence-electron chi connectivity index (χ2n) is 11.2. The highest BCUT2D eigenvalue weighted by molar-refractivity contribution is 6.31. The molecule has 0 aliphatic heterocycles. The van der Waals surface area contributed by atoms with E-state index in [2.05, 4.69) is 11.8 Å². The fraction of sp³-hybridized carbons (Fsp3) is 0.355. The number of carbonyl (C=O) groups is 6. The Morgan fingerprint density at radius 1 is 1.02 bits per heavy atom. The summed E-state index contributed by atoms with van der Waals surface area (Å²) in [5, 5.41) is 31.7. The number of rotatable bonds is 3. The van der Waals surface area contributed by atoms with Crippen molar-refractivity contribution in [3.05, 3.63) is 63.7 Å². The first-order valence-corrected chi connectivity index (χ1v) is 13.2. The fourth-order valence-electron chi connectivity index (χ4n) is 6.51. The first-order chi connectivity index (χ1) is 19.3. The topological polar surface area (TPSA) is 189 Å². The molecule has 3 aliphatic rings. The molecule has 5 rings (SSSR count). The third-order valence-electron chi connectivity index (χ3n) is 8.53. The van der Waals surface area contributed by atoms with Crippen molar-refractivity contribution in [3.63, 3.8) is 0 Å². The molecule has 41 heavy (non-hydrogen) atoms. The van der Waals surface area contributed by atoms with Crippen LogP contribution in [0.3, 0.4) is 0 Å². The largest absolute Gasteiger partial charge is 0.506 e. The van der Waals surface area contributed by atoms with E-state index in [-0.39, 0.29) is 35.4 Å². The number of Topliss-reactive ketones (excluding diaryl/α,β-unsaturated/α-hetero) is 4. The highest BCUT2D eigenvalue weighted by Gasteiger charge is 2.66. The predicted octanol–water partition coefficient (Wildman–Crippen LogP) is 1.55. The maximum Gasteiger partial charge on any atom is 0.335 e. The van der Waals surface area contributed by atoms with E-state index in [9.17, 15) is 39.0 Å². The fourth-order valence-corrected chi connectivity index (χ4v) is 6.51. The molecule has 2 unspecified atom stereocenters. The quantitative estimate of drug-likeness (QED) is 0.320. The average Bonchev–Trinajstić information content (AvgIpc) is 2.90. The molecule has 2 aromatic carbocycles. The molecule has 3 aliphatic carbocycles. The zero-order chi connectivity index (χ0) is 30.0. The van der Waals surface area contributed by atoms with Gasteiger partial charge >= 0.3 is 5.97 Å². The van der Waals surface area contributed by atoms with Gasteiger partial charge in [0.15, 0.2) is 34.7 Å². The normalized spacial score (nSPS) is 26.9. The van der Waals surface area contributed by atoms with Crippen LogP contribution in [-0.2, 0) is 25.6 Å². The van der Waals surface area contributed by atoms with Crippen LogP contribution in [-0.4, -0.2) is 55.9 Å². The van der Waals surface area contributed by atoms with Crippen LogP contribution in [0.4, 0.5) is 0 Å². The Morgan fingerprint density at radius 2 is 1.68 bits per heavy atom. The van der Waals surface area contributed by atoms with Crippen LogP contribution in [0, 0.1) is 35.5 Å². The molecular formula is C31H27NO9. The van der Waals surface area contributed by atoms with Crippen molar-refractivity contribution in [1.82, 2.24) is 0 Å². The lowest BCUT2D eigenvalue weighted by molar-refractivity contribution is -0.175. The molecule has 5 atom stereocenters. The first kappa shape index (κ1) is 27.9. The number of fused-ring (bicyclic) bond motifs is 3. The van der Waals surface area contributed by atoms with Crippen LogP contribution in [0.25, 0.3) is 0 Å². The van der Waals surface area contributed by atoms with E-state index < -0.39 is 76.5 Å². The van der Waals surface area contributed by atoms with Crippen LogP contribution in [0.2, 0.25) is 0 Å². The summed E-state index contributed by atoms with van der Waals surface area (Å²) >= 11 is 0. The lowest BCUT2D eigenvalue weighted by Crippen LogP contribution is -2.68. The van der Waals surface area contributed by atoms with Gasteiger partial charge in [-0.1, -0.05) is 25.7 Å². The lowest BCUT2D eigenvalue weighted by Gasteiger charge is -2.48. The second-order valence-corrected chi connectivity index (χ2v) is 11.2. The third-order valence-corrected chi connectivity index (χ3v) is 8.53. The summed E-state index contributed by atoms with van der Waals surface area (Å²) in [5.74, 6) is -6.25. The number of hydrogen-bond acceptors (Lipinski definition) is 8. The SMILES string of the molecule is CC(C)c1cc(C#Cc2ccc(C(=O)O)cc2)c(O)c2c1C[C@H]1C[C@H]3CC(=O)C(C(N)=O)C(=O)[C@@]3(O)C(=O)C1C2=O. The molecule has 0 radical (unpaired) electrons. The molecule has 10 nitrogen and oxygen atoms in total. The molecular weight excluding hydrogens is 530 g/mol. The van der Waals surface area contributed by atoms with E-state index in [0.717, 1.165) is 5.56 Å². The van der Waals surface area contributed by atoms with Gasteiger partial charge in [-0.25, -0.2) is 4.79 Å². The monoisotopic (exact) mass is 557 g/mol. The van der Waals surface area contributed by atoms with Crippen molar-refractivity contribution in [2.75, 3.05) is 0 Å². The van der Waals surface area contributed by atoms with Gasteiger partial charge in [0.05, 0.1) is 22.6 Å². The van der Waals surface area contributed by atoms with Crippen LogP contribution >= 0.6 is 0 Å². The minimum atomic E-state index is -2.71. The zero-order valence-corrected chi connectivity index (χ0v) is 22.3. The number of hydrogen-bond donors (Lipinski definition) is 4. The molecule has 0 aromatic heterocycles. The molecule has 10 heteroatoms. The Morgan fingerprint density at radius 3 is 2.27 bits per heavy atom. The van der Waals surface area contributed by atoms with Gasteiger partial charge in [0.1, 0.15) is 5.75 Å². The van der Waals surface area contributed by atoms with Gasteiger partial charge in [-0.2, -0.15) is 0 Å². The number of aliphatic hydroxyl groups is 1. The van der Waals surface area contributed by atoms with E-state index in [1.54, 1.807) is 6.07 Å². The van der Waals surface area contributed by atoms with Gasteiger partial charge in [0, 0.05) is 17.9 Å². The van der Waals surface area contributed by atoms with Gasteiger partial charge in [-0.05, 0) is 66.1 Å². The Bertz CT molecular complexity index is 1630. The minimum Gasteiger partial charge on any atom is -0.506 e. The van der Waals surface area contributed by atoms with Crippen LogP contribution in [0.5, 0.6) is 5.75 Å². The summed E-state index contributed by atoms with van der Waals surface area (Å²) in [6.45, 7) is 3.80. The number of ketones is 4. The van der Waals surface area contributed by atoms with Gasteiger partial charge < -0.3 is 21.1 Å². The molecule has 2 saturated carbocycles. The third kappa shape index (κ3) is 4.24. The molecule has 2 aromatic rings. The van der Waals surface area contributed by atoms with E-state index >= 15 is 0 Å². The number of carbonyl (C=O) groups excluding carboxylic acids is 5. The van der Waals surface area contributed by atoms with Crippen molar-refractivity contribution in [2.45, 2.75) is 44.6 Å². The maximum absolute atomic E-state index is 13.9. The number of carboxylic acids is 1. The summed E-state index contributed by atoms with van der Waals surface area (Å²) in [5.41, 5.74) is 4.35. The number of aromatic hydroxyl groups is 1. The Hall–Kier alpha value is -4.62. The van der Waals surface area contributed by atoms with Crippen molar-refractivity contribution in [1.29, 1.82) is 0 Å². The molecule has 0 spiro atoms. The molecule has 210 valence electrons. The van der Waals surface area contributed by atoms with Crippen LogP contribution < -0.4 is 5.73 Å². The van der Waals surface area contributed by atoms with Crippen molar-refractivity contribution < 1.29 is 44.1 Å². The predicted molar refractivity (Wildman–Crippen MR) is 142 cm³/mol. The van der Waals surface area contributed by atoms with Crippen molar-refractivity contribution in [2.24, 2.45) is 29.4 Å². The molecule has 1 amide bonds. The zero-order valence-electron chi connectivity index (χ0n) is 22.3. The molecule has 0 saturated heterocycles. The van der Waals surface area contributed by atoms with Gasteiger partial charge in [0.2, 0.25) is 5.91 Å². The van der Waals surface area contributed by atoms with E-state index in [1.165, 1.54) is 24.3 Å². The summed E-state index contributed by atoms with van der Waals surface area (Å²) in [4.78, 5) is 76.2. The van der Waals surface area contributed by atoms with Crippen molar-refractivity contribution >= 4 is 35.0 Å². The van der Waals surface area contributed by atoms with E-state index in [0.29, 0.717) is 11.1 Å². The Labute approximate surface area is 234 Å². The summed E-state index contributed by atoms with van der Waals surface area (Å²) in [6, 6.07) is 7.47. The summed E-state index contributed by atoms with van der Waals surface area (Å²) < 4.78 is 0. The lowest BCUT2D eigenvalue weighted by atomic mass is 9.53. The molecule has 0 heterocycles. The number of amides is 1. The van der Waals surface area contributed by atoms with E-state index in [1.807, 2.05) is 13.8 Å². The minimum absolute atomic E-state index is 0.0211. The molecule has 0 bridgehead atoms. The standard InChI is InChI=1S/C31H27NO9/c1-13(2)19-10-16(8-5-14-3-6-15(7-4-14)30(39)40)25(34)23-20(19)11-17-9-18-12-21(33)24(29(32)38)28(37)31(18,41)27(36)22(17)26(23)35/h3-4,6-7,10,13,17-18,22,24,34,41H,9,11-12H2,1-2H3,(H2,32,38)(H,39,40)/t17-,18+,22?,24?,31+/m1/s1. The Balaban J connectivity index is 1.59. The number of phenolic OH excluding ortho intramolecular Hbond substituents is 1. The smallest absolute Gasteiger partial charge is 0.335 e. The number of phenols is 1. The highest BCUT2D eigenvalue weighted by Crippen LogP contribution is 2.51. The summed E-state index contributed by atoms with van der Waals surface area (Å²) in [6.07, 6.45) is -0.180. The first-order valence-electron chi connectivity index (χ1n) is 13.2. The molecule has 5 N–H and O–H groups in total. The number of carboxylic acid groups (broad SMARTS) is 1. The van der Waals surface area contributed by atoms with Gasteiger partial charge in [0.25, 0.3) is 0 Å². The van der Waals surface area contributed by atoms with Crippen LogP contribution in [0.1, 0.15) is 75.6 Å². The van der Waals surface area contributed by atoms with Gasteiger partial charge in [-0.3, -0.25) is 24.0 Å². The number of aromatic carboxylic acids is 1. The van der Waals surface area contributed by atoms with E-state index in [4.69, 9.17) is 10.8 Å².